The molecule has 0 saturated heterocycles. The van der Waals surface area contributed by atoms with E-state index in [9.17, 15) is 9.59 Å². The number of hydrogen-bond donors (Lipinski definition) is 3. The third-order valence-corrected chi connectivity index (χ3v) is 5.68. The van der Waals surface area contributed by atoms with E-state index in [1.807, 2.05) is 50.2 Å². The molecule has 8 heteroatoms. The molecule has 1 aliphatic rings. The second-order valence-corrected chi connectivity index (χ2v) is 7.80. The summed E-state index contributed by atoms with van der Waals surface area (Å²) in [4.78, 5) is 34.6. The van der Waals surface area contributed by atoms with Crippen LogP contribution in [0.3, 0.4) is 0 Å². The number of nitrogens with one attached hydrogen (secondary N) is 2. The first kappa shape index (κ1) is 20.6. The van der Waals surface area contributed by atoms with Gasteiger partial charge in [0.25, 0.3) is 5.56 Å². The Hall–Kier alpha value is -3.68. The summed E-state index contributed by atoms with van der Waals surface area (Å²) in [5.41, 5.74) is 8.90. The molecule has 0 fully saturated rings. The number of anilines is 2. The van der Waals surface area contributed by atoms with E-state index >= 15 is 0 Å². The largest absolute Gasteiger partial charge is 0.384 e. The maximum atomic E-state index is 13.1. The minimum atomic E-state index is -0.555. The molecule has 1 aromatic carbocycles. The maximum Gasteiger partial charge on any atom is 0.294 e. The van der Waals surface area contributed by atoms with Gasteiger partial charge in [0.2, 0.25) is 5.91 Å². The number of aryl methyl sites for hydroxylation is 2. The average Bonchev–Trinajstić information content (AvgIpc) is 3.20. The summed E-state index contributed by atoms with van der Waals surface area (Å²) in [6, 6.07) is 12.8. The van der Waals surface area contributed by atoms with Gasteiger partial charge in [-0.3, -0.25) is 14.2 Å². The lowest BCUT2D eigenvalue weighted by Gasteiger charge is -2.18. The highest BCUT2D eigenvalue weighted by molar-refractivity contribution is 5.81. The molecule has 0 saturated carbocycles. The van der Waals surface area contributed by atoms with Gasteiger partial charge in [0.1, 0.15) is 11.9 Å². The van der Waals surface area contributed by atoms with Crippen molar-refractivity contribution >= 4 is 17.5 Å². The Balaban J connectivity index is 1.51. The predicted octanol–water partition coefficient (Wildman–Crippen LogP) is 2.51. The smallest absolute Gasteiger partial charge is 0.294 e. The van der Waals surface area contributed by atoms with Gasteiger partial charge in [-0.2, -0.15) is 0 Å². The van der Waals surface area contributed by atoms with Crippen LogP contribution in [0.25, 0.3) is 0 Å². The van der Waals surface area contributed by atoms with E-state index in [0.717, 1.165) is 22.5 Å². The van der Waals surface area contributed by atoms with Crippen molar-refractivity contribution in [3.63, 3.8) is 0 Å². The Kier molecular flexibility index (Phi) is 5.70. The van der Waals surface area contributed by atoms with Crippen molar-refractivity contribution in [3.8, 4) is 0 Å². The van der Waals surface area contributed by atoms with E-state index in [0.29, 0.717) is 25.2 Å². The van der Waals surface area contributed by atoms with Crippen molar-refractivity contribution in [1.82, 2.24) is 19.9 Å². The third-order valence-electron chi connectivity index (χ3n) is 5.68. The minimum Gasteiger partial charge on any atom is -0.384 e. The summed E-state index contributed by atoms with van der Waals surface area (Å²) in [5, 5.41) is 6.13. The van der Waals surface area contributed by atoms with Gasteiger partial charge in [0.15, 0.2) is 5.82 Å². The summed E-state index contributed by atoms with van der Waals surface area (Å²) in [5.74, 6) is 0.504. The summed E-state index contributed by atoms with van der Waals surface area (Å²) in [6.07, 6.45) is 2.89. The van der Waals surface area contributed by atoms with Crippen LogP contribution in [0.15, 0.2) is 53.5 Å². The van der Waals surface area contributed by atoms with Gasteiger partial charge >= 0.3 is 0 Å². The molecule has 2 atom stereocenters. The number of nitrogens with zero attached hydrogens (tertiary/aromatic N) is 3. The second-order valence-electron chi connectivity index (χ2n) is 7.80. The Labute approximate surface area is 180 Å². The van der Waals surface area contributed by atoms with Crippen LogP contribution in [-0.2, 0) is 17.8 Å². The number of carbonyl (C=O) groups is 1. The SMILES string of the molecule is Cc1nc(N)ccc1CNC(=O)C1CCc2cnc(NC(C)c3ccccc3)c(=O)n21. The first-order chi connectivity index (χ1) is 14.9. The van der Waals surface area contributed by atoms with Crippen molar-refractivity contribution in [2.24, 2.45) is 0 Å². The predicted molar refractivity (Wildman–Crippen MR) is 120 cm³/mol. The molecule has 31 heavy (non-hydrogen) atoms. The Bertz CT molecular complexity index is 1160. The van der Waals surface area contributed by atoms with Crippen molar-refractivity contribution in [2.45, 2.75) is 45.3 Å². The molecule has 160 valence electrons. The van der Waals surface area contributed by atoms with Gasteiger partial charge in [-0.15, -0.1) is 0 Å². The average molecular weight is 419 g/mol. The molecule has 0 bridgehead atoms. The van der Waals surface area contributed by atoms with Crippen LogP contribution in [0, 0.1) is 6.92 Å². The Morgan fingerprint density at radius 2 is 2.03 bits per heavy atom. The molecule has 0 aliphatic carbocycles. The zero-order valence-corrected chi connectivity index (χ0v) is 17.6. The lowest BCUT2D eigenvalue weighted by atomic mass is 10.1. The quantitative estimate of drug-likeness (QED) is 0.567. The van der Waals surface area contributed by atoms with E-state index in [2.05, 4.69) is 20.6 Å². The van der Waals surface area contributed by atoms with E-state index < -0.39 is 6.04 Å². The topological polar surface area (TPSA) is 115 Å². The highest BCUT2D eigenvalue weighted by Gasteiger charge is 2.30. The number of aromatic nitrogens is 3. The zero-order valence-electron chi connectivity index (χ0n) is 17.6. The van der Waals surface area contributed by atoms with Crippen LogP contribution in [0.5, 0.6) is 0 Å². The van der Waals surface area contributed by atoms with Crippen molar-refractivity contribution in [1.29, 1.82) is 0 Å². The minimum absolute atomic E-state index is 0.0882. The van der Waals surface area contributed by atoms with Crippen molar-refractivity contribution < 1.29 is 4.79 Å². The molecule has 0 radical (unpaired) electrons. The zero-order chi connectivity index (χ0) is 22.0. The monoisotopic (exact) mass is 418 g/mol. The molecule has 2 aromatic heterocycles. The highest BCUT2D eigenvalue weighted by Crippen LogP contribution is 2.25. The summed E-state index contributed by atoms with van der Waals surface area (Å²) >= 11 is 0. The van der Waals surface area contributed by atoms with E-state index in [4.69, 9.17) is 5.73 Å². The number of rotatable bonds is 6. The molecule has 3 aromatic rings. The summed E-state index contributed by atoms with van der Waals surface area (Å²) in [6.45, 7) is 4.16. The van der Waals surface area contributed by atoms with Gasteiger partial charge < -0.3 is 16.4 Å². The molecule has 2 unspecified atom stereocenters. The Morgan fingerprint density at radius 1 is 1.26 bits per heavy atom. The van der Waals surface area contributed by atoms with Crippen LogP contribution >= 0.6 is 0 Å². The fraction of sp³-hybridized carbons (Fsp3) is 0.304. The number of hydrogen-bond acceptors (Lipinski definition) is 6. The third kappa shape index (κ3) is 4.28. The van der Waals surface area contributed by atoms with E-state index in [1.54, 1.807) is 16.8 Å². The number of benzene rings is 1. The van der Waals surface area contributed by atoms with Gasteiger partial charge in [0, 0.05) is 24.1 Å². The molecular formula is C23H26N6O2. The maximum absolute atomic E-state index is 13.1. The first-order valence-electron chi connectivity index (χ1n) is 10.4. The summed E-state index contributed by atoms with van der Waals surface area (Å²) < 4.78 is 1.57. The van der Waals surface area contributed by atoms with Gasteiger partial charge in [0.05, 0.1) is 6.04 Å². The van der Waals surface area contributed by atoms with Crippen LogP contribution in [-0.4, -0.2) is 20.4 Å². The number of nitrogens with two attached hydrogens (primary N) is 1. The molecule has 3 heterocycles. The molecule has 8 nitrogen and oxygen atoms in total. The van der Waals surface area contributed by atoms with Crippen molar-refractivity contribution in [3.05, 3.63) is 81.5 Å². The summed E-state index contributed by atoms with van der Waals surface area (Å²) in [7, 11) is 0. The molecular weight excluding hydrogens is 392 g/mol. The van der Waals surface area contributed by atoms with Crippen molar-refractivity contribution in [2.75, 3.05) is 11.1 Å². The number of nitrogen functional groups attached to an aromatic ring is 1. The molecule has 1 amide bonds. The van der Waals surface area contributed by atoms with E-state index in [1.165, 1.54) is 0 Å². The van der Waals surface area contributed by atoms with E-state index in [-0.39, 0.29) is 23.3 Å². The number of amides is 1. The molecule has 0 spiro atoms. The highest BCUT2D eigenvalue weighted by atomic mass is 16.2. The van der Waals surface area contributed by atoms with Gasteiger partial charge in [-0.05, 0) is 43.9 Å². The lowest BCUT2D eigenvalue weighted by Crippen LogP contribution is -2.36. The fourth-order valence-corrected chi connectivity index (χ4v) is 3.92. The van der Waals surface area contributed by atoms with Crippen LogP contribution in [0.4, 0.5) is 11.6 Å². The lowest BCUT2D eigenvalue weighted by molar-refractivity contribution is -0.124. The van der Waals surface area contributed by atoms with Crippen LogP contribution < -0.4 is 21.9 Å². The molecule has 4 N–H and O–H groups in total. The molecule has 1 aliphatic heterocycles. The number of pyridine rings is 1. The Morgan fingerprint density at radius 3 is 2.77 bits per heavy atom. The number of carbonyl (C=O) groups excluding carboxylic acids is 1. The normalized spacial score (nSPS) is 15.9. The van der Waals surface area contributed by atoms with Gasteiger partial charge in [-0.1, -0.05) is 36.4 Å². The fourth-order valence-electron chi connectivity index (χ4n) is 3.92. The van der Waals surface area contributed by atoms with Gasteiger partial charge in [-0.25, -0.2) is 9.97 Å². The van der Waals surface area contributed by atoms with Crippen LogP contribution in [0.2, 0.25) is 0 Å². The standard InChI is InChI=1S/C23H26N6O2/c1-14(16-6-4-3-5-7-16)28-21-23(31)29-18(13-25-21)9-10-19(29)22(30)26-12-17-8-11-20(24)27-15(17)2/h3-8,11,13-14,19H,9-10,12H2,1-2H3,(H2,24,27)(H,25,28)(H,26,30). The molecule has 4 rings (SSSR count). The first-order valence-corrected chi connectivity index (χ1v) is 10.4. The second kappa shape index (κ2) is 8.59. The number of fused-ring (bicyclic) bond motifs is 1. The van der Waals surface area contributed by atoms with Crippen LogP contribution in [0.1, 0.15) is 47.9 Å².